The van der Waals surface area contributed by atoms with Crippen LogP contribution < -0.4 is 14.8 Å². The summed E-state index contributed by atoms with van der Waals surface area (Å²) < 4.78 is 11.3. The highest BCUT2D eigenvalue weighted by molar-refractivity contribution is 5.97. The third-order valence-corrected chi connectivity index (χ3v) is 4.79. The van der Waals surface area contributed by atoms with Crippen molar-refractivity contribution in [2.75, 3.05) is 7.11 Å². The van der Waals surface area contributed by atoms with E-state index in [2.05, 4.69) is 5.32 Å². The van der Waals surface area contributed by atoms with E-state index < -0.39 is 17.9 Å². The Morgan fingerprint density at radius 1 is 1.28 bits per heavy atom. The maximum absolute atomic E-state index is 12.5. The minimum atomic E-state index is -1.03. The molecule has 0 aliphatic heterocycles. The average molecular weight is 349 g/mol. The summed E-state index contributed by atoms with van der Waals surface area (Å²) in [5, 5.41) is 11.9. The quantitative estimate of drug-likeness (QED) is 0.752. The van der Waals surface area contributed by atoms with Crippen LogP contribution in [0.1, 0.15) is 56.3 Å². The molecule has 0 unspecified atom stereocenters. The van der Waals surface area contributed by atoms with Gasteiger partial charge in [0.15, 0.2) is 11.5 Å². The summed E-state index contributed by atoms with van der Waals surface area (Å²) in [5.74, 6) is -0.517. The van der Waals surface area contributed by atoms with Gasteiger partial charge in [0, 0.05) is 5.56 Å². The van der Waals surface area contributed by atoms with Crippen LogP contribution in [0, 0.1) is 5.92 Å². The van der Waals surface area contributed by atoms with Crippen molar-refractivity contribution in [1.29, 1.82) is 0 Å². The molecule has 25 heavy (non-hydrogen) atoms. The van der Waals surface area contributed by atoms with Gasteiger partial charge in [-0.25, -0.2) is 4.79 Å². The summed E-state index contributed by atoms with van der Waals surface area (Å²) in [6.45, 7) is 3.70. The van der Waals surface area contributed by atoms with Gasteiger partial charge in [-0.05, 0) is 49.8 Å². The van der Waals surface area contributed by atoms with Crippen molar-refractivity contribution in [2.24, 2.45) is 5.92 Å². The van der Waals surface area contributed by atoms with Gasteiger partial charge in [0.05, 0.1) is 13.2 Å². The van der Waals surface area contributed by atoms with Gasteiger partial charge in [-0.1, -0.05) is 20.3 Å². The molecule has 6 nitrogen and oxygen atoms in total. The summed E-state index contributed by atoms with van der Waals surface area (Å²) in [6, 6.07) is 4.00. The van der Waals surface area contributed by atoms with E-state index in [-0.39, 0.29) is 12.0 Å². The van der Waals surface area contributed by atoms with Crippen molar-refractivity contribution in [3.8, 4) is 11.5 Å². The summed E-state index contributed by atoms with van der Waals surface area (Å²) in [5.41, 5.74) is 0.364. The number of carboxylic acid groups (broad SMARTS) is 1. The molecule has 0 bridgehead atoms. The van der Waals surface area contributed by atoms with E-state index in [1.165, 1.54) is 0 Å². The lowest BCUT2D eigenvalue weighted by molar-refractivity contribution is -0.140. The van der Waals surface area contributed by atoms with E-state index in [1.54, 1.807) is 25.3 Å². The Morgan fingerprint density at radius 3 is 2.52 bits per heavy atom. The monoisotopic (exact) mass is 349 g/mol. The van der Waals surface area contributed by atoms with E-state index >= 15 is 0 Å². The van der Waals surface area contributed by atoms with Gasteiger partial charge in [-0.2, -0.15) is 0 Å². The van der Waals surface area contributed by atoms with Crippen molar-refractivity contribution in [2.45, 2.75) is 58.1 Å². The molecule has 1 aromatic rings. The Balaban J connectivity index is 2.16. The van der Waals surface area contributed by atoms with E-state index in [0.29, 0.717) is 23.5 Å². The Labute approximate surface area is 148 Å². The third-order valence-electron chi connectivity index (χ3n) is 4.79. The number of hydrogen-bond acceptors (Lipinski definition) is 4. The first-order valence-electron chi connectivity index (χ1n) is 8.84. The molecule has 1 saturated carbocycles. The number of carbonyl (C=O) groups excluding carboxylic acids is 1. The molecule has 2 N–H and O–H groups in total. The zero-order valence-electron chi connectivity index (χ0n) is 15.1. The van der Waals surface area contributed by atoms with Crippen molar-refractivity contribution < 1.29 is 24.2 Å². The highest BCUT2D eigenvalue weighted by Gasteiger charge is 2.26. The molecular formula is C19H27NO5. The molecule has 2 atom stereocenters. The van der Waals surface area contributed by atoms with Crippen LogP contribution in [-0.4, -0.2) is 36.2 Å². The van der Waals surface area contributed by atoms with E-state index in [4.69, 9.17) is 9.47 Å². The number of hydrogen-bond donors (Lipinski definition) is 2. The van der Waals surface area contributed by atoms with Gasteiger partial charge < -0.3 is 19.9 Å². The molecule has 0 aromatic heterocycles. The second kappa shape index (κ2) is 8.74. The minimum Gasteiger partial charge on any atom is -0.493 e. The summed E-state index contributed by atoms with van der Waals surface area (Å²) >= 11 is 0. The van der Waals surface area contributed by atoms with Crippen LogP contribution in [0.2, 0.25) is 0 Å². The van der Waals surface area contributed by atoms with Gasteiger partial charge in [0.25, 0.3) is 5.91 Å². The molecule has 2 rings (SSSR count). The Morgan fingerprint density at radius 2 is 1.96 bits per heavy atom. The van der Waals surface area contributed by atoms with E-state index in [0.717, 1.165) is 25.7 Å². The topological polar surface area (TPSA) is 84.9 Å². The number of carboxylic acids is 1. The van der Waals surface area contributed by atoms with Gasteiger partial charge in [-0.15, -0.1) is 0 Å². The maximum atomic E-state index is 12.5. The van der Waals surface area contributed by atoms with Crippen LogP contribution in [0.4, 0.5) is 0 Å². The van der Waals surface area contributed by atoms with Gasteiger partial charge in [-0.3, -0.25) is 4.79 Å². The molecule has 1 amide bonds. The number of amides is 1. The largest absolute Gasteiger partial charge is 0.493 e. The molecule has 0 saturated heterocycles. The fraction of sp³-hybridized carbons (Fsp3) is 0.579. The first-order valence-corrected chi connectivity index (χ1v) is 8.84. The fourth-order valence-corrected chi connectivity index (χ4v) is 3.00. The smallest absolute Gasteiger partial charge is 0.326 e. The van der Waals surface area contributed by atoms with Crippen LogP contribution in [0.15, 0.2) is 18.2 Å². The molecule has 0 heterocycles. The van der Waals surface area contributed by atoms with Crippen LogP contribution in [0.3, 0.4) is 0 Å². The first-order chi connectivity index (χ1) is 12.0. The lowest BCUT2D eigenvalue weighted by Gasteiger charge is -2.21. The molecule has 0 radical (unpaired) electrons. The van der Waals surface area contributed by atoms with Gasteiger partial charge in [0.1, 0.15) is 6.04 Å². The van der Waals surface area contributed by atoms with Gasteiger partial charge >= 0.3 is 5.97 Å². The van der Waals surface area contributed by atoms with E-state index in [1.807, 2.05) is 13.8 Å². The van der Waals surface area contributed by atoms with Crippen molar-refractivity contribution in [3.63, 3.8) is 0 Å². The number of rotatable bonds is 8. The molecule has 6 heteroatoms. The minimum absolute atomic E-state index is 0.138. The van der Waals surface area contributed by atoms with Crippen molar-refractivity contribution in [1.82, 2.24) is 5.32 Å². The number of aliphatic carboxylic acids is 1. The van der Waals surface area contributed by atoms with Gasteiger partial charge in [0.2, 0.25) is 0 Å². The number of carbonyl (C=O) groups is 2. The third kappa shape index (κ3) is 4.87. The number of methoxy groups -OCH3 is 1. The highest BCUT2D eigenvalue weighted by atomic mass is 16.5. The Kier molecular flexibility index (Phi) is 6.67. The maximum Gasteiger partial charge on any atom is 0.326 e. The Bertz CT molecular complexity index is 610. The molecule has 138 valence electrons. The summed E-state index contributed by atoms with van der Waals surface area (Å²) in [4.78, 5) is 23.9. The average Bonchev–Trinajstić information content (AvgIpc) is 3.11. The fourth-order valence-electron chi connectivity index (χ4n) is 3.00. The molecule has 1 aromatic carbocycles. The second-order valence-electron chi connectivity index (χ2n) is 6.56. The van der Waals surface area contributed by atoms with Crippen molar-refractivity contribution >= 4 is 11.9 Å². The van der Waals surface area contributed by atoms with Crippen LogP contribution >= 0.6 is 0 Å². The lowest BCUT2D eigenvalue weighted by atomic mass is 9.99. The number of ether oxygens (including phenoxy) is 2. The normalized spacial score (nSPS) is 16.9. The standard InChI is InChI=1S/C19H27NO5/c1-4-12(2)17(19(22)23)20-18(21)13-9-10-15(24-3)16(11-13)25-14-7-5-6-8-14/h9-12,14,17H,4-8H2,1-3H3,(H,20,21)(H,22,23)/t12-,17-/m0/s1. The lowest BCUT2D eigenvalue weighted by Crippen LogP contribution is -2.45. The molecular weight excluding hydrogens is 322 g/mol. The molecule has 1 aliphatic carbocycles. The summed E-state index contributed by atoms with van der Waals surface area (Å²) in [7, 11) is 1.56. The Hall–Kier alpha value is -2.24. The SMILES string of the molecule is CC[C@H](C)[C@H](NC(=O)c1ccc(OC)c(OC2CCCC2)c1)C(=O)O. The number of benzene rings is 1. The zero-order valence-corrected chi connectivity index (χ0v) is 15.1. The van der Waals surface area contributed by atoms with Crippen LogP contribution in [0.5, 0.6) is 11.5 Å². The molecule has 1 aliphatic rings. The predicted octanol–water partition coefficient (Wildman–Crippen LogP) is 3.25. The number of nitrogens with one attached hydrogen (secondary N) is 1. The van der Waals surface area contributed by atoms with Crippen molar-refractivity contribution in [3.05, 3.63) is 23.8 Å². The summed E-state index contributed by atoms with van der Waals surface area (Å²) in [6.07, 6.45) is 5.07. The first kappa shape index (κ1) is 19.1. The van der Waals surface area contributed by atoms with Crippen LogP contribution in [0.25, 0.3) is 0 Å². The van der Waals surface area contributed by atoms with Crippen LogP contribution in [-0.2, 0) is 4.79 Å². The van der Waals surface area contributed by atoms with E-state index in [9.17, 15) is 14.7 Å². The highest BCUT2D eigenvalue weighted by Crippen LogP contribution is 2.32. The predicted molar refractivity (Wildman–Crippen MR) is 94.2 cm³/mol. The molecule has 1 fully saturated rings. The molecule has 0 spiro atoms. The second-order valence-corrected chi connectivity index (χ2v) is 6.56. The zero-order chi connectivity index (χ0) is 18.4.